The summed E-state index contributed by atoms with van der Waals surface area (Å²) in [4.78, 5) is 15.0. The van der Waals surface area contributed by atoms with Crippen molar-refractivity contribution in [2.45, 2.75) is 25.9 Å². The number of aryl methyl sites for hydroxylation is 1. The Bertz CT molecular complexity index is 602. The highest BCUT2D eigenvalue weighted by atomic mass is 16.5. The number of anilines is 1. The van der Waals surface area contributed by atoms with Crippen molar-refractivity contribution in [2.24, 2.45) is 0 Å². The molecule has 1 saturated heterocycles. The molecule has 2 aromatic rings. The summed E-state index contributed by atoms with van der Waals surface area (Å²) in [6.07, 6.45) is 2.71. The maximum atomic E-state index is 5.09. The van der Waals surface area contributed by atoms with Gasteiger partial charge in [0.15, 0.2) is 5.82 Å². The summed E-state index contributed by atoms with van der Waals surface area (Å²) in [6, 6.07) is 2.04. The van der Waals surface area contributed by atoms with Gasteiger partial charge < -0.3 is 14.6 Å². The van der Waals surface area contributed by atoms with Crippen molar-refractivity contribution in [2.75, 3.05) is 25.5 Å². The lowest BCUT2D eigenvalue weighted by molar-refractivity contribution is 0.308. The minimum Gasteiger partial charge on any atom is -0.481 e. The first-order valence-corrected chi connectivity index (χ1v) is 6.88. The van der Waals surface area contributed by atoms with Crippen molar-refractivity contribution in [1.29, 1.82) is 0 Å². The Morgan fingerprint density at radius 3 is 3.14 bits per heavy atom. The van der Waals surface area contributed by atoms with Gasteiger partial charge in [-0.2, -0.15) is 9.97 Å². The fourth-order valence-electron chi connectivity index (χ4n) is 2.41. The summed E-state index contributed by atoms with van der Waals surface area (Å²) < 4.78 is 10.1. The minimum absolute atomic E-state index is 0.310. The zero-order valence-corrected chi connectivity index (χ0v) is 12.1. The molecule has 3 rings (SSSR count). The molecule has 0 saturated carbocycles. The molecule has 21 heavy (non-hydrogen) atoms. The van der Waals surface area contributed by atoms with E-state index in [-0.39, 0.29) is 0 Å². The SMILES string of the molecule is COc1ccnc(NC2CCN(Cc3noc(C)n3)C2)n1. The molecule has 0 amide bonds. The smallest absolute Gasteiger partial charge is 0.226 e. The Balaban J connectivity index is 1.54. The first-order valence-electron chi connectivity index (χ1n) is 6.88. The predicted octanol–water partition coefficient (Wildman–Crippen LogP) is 0.863. The molecule has 0 aromatic carbocycles. The van der Waals surface area contributed by atoms with E-state index in [1.54, 1.807) is 26.3 Å². The zero-order chi connectivity index (χ0) is 14.7. The maximum Gasteiger partial charge on any atom is 0.226 e. The van der Waals surface area contributed by atoms with E-state index in [0.29, 0.717) is 30.3 Å². The summed E-state index contributed by atoms with van der Waals surface area (Å²) in [5.41, 5.74) is 0. The molecule has 0 bridgehead atoms. The largest absolute Gasteiger partial charge is 0.481 e. The second-order valence-corrected chi connectivity index (χ2v) is 5.02. The number of ether oxygens (including phenoxy) is 1. The van der Waals surface area contributed by atoms with E-state index >= 15 is 0 Å². The van der Waals surface area contributed by atoms with Gasteiger partial charge in [-0.3, -0.25) is 4.90 Å². The van der Waals surface area contributed by atoms with Gasteiger partial charge in [-0.15, -0.1) is 0 Å². The number of rotatable bonds is 5. The Morgan fingerprint density at radius 1 is 1.48 bits per heavy atom. The summed E-state index contributed by atoms with van der Waals surface area (Å²) >= 11 is 0. The van der Waals surface area contributed by atoms with Gasteiger partial charge in [0.2, 0.25) is 17.7 Å². The van der Waals surface area contributed by atoms with E-state index in [0.717, 1.165) is 25.3 Å². The Morgan fingerprint density at radius 2 is 2.38 bits per heavy atom. The normalized spacial score (nSPS) is 18.9. The van der Waals surface area contributed by atoms with Gasteiger partial charge in [0, 0.05) is 38.3 Å². The molecule has 1 fully saturated rings. The van der Waals surface area contributed by atoms with E-state index in [1.165, 1.54) is 0 Å². The van der Waals surface area contributed by atoms with Crippen molar-refractivity contribution in [1.82, 2.24) is 25.0 Å². The second-order valence-electron chi connectivity index (χ2n) is 5.02. The lowest BCUT2D eigenvalue weighted by atomic mass is 10.3. The van der Waals surface area contributed by atoms with Crippen molar-refractivity contribution in [3.05, 3.63) is 24.0 Å². The number of hydrogen-bond donors (Lipinski definition) is 1. The Labute approximate surface area is 122 Å². The lowest BCUT2D eigenvalue weighted by Crippen LogP contribution is -2.27. The molecule has 1 N–H and O–H groups in total. The van der Waals surface area contributed by atoms with E-state index in [2.05, 4.69) is 30.3 Å². The molecule has 2 aromatic heterocycles. The van der Waals surface area contributed by atoms with Gasteiger partial charge in [0.25, 0.3) is 0 Å². The fourth-order valence-corrected chi connectivity index (χ4v) is 2.41. The van der Waals surface area contributed by atoms with Crippen LogP contribution in [-0.2, 0) is 6.54 Å². The third-order valence-electron chi connectivity index (χ3n) is 3.38. The highest BCUT2D eigenvalue weighted by molar-refractivity contribution is 5.29. The molecular weight excluding hydrogens is 272 g/mol. The average molecular weight is 290 g/mol. The van der Waals surface area contributed by atoms with Crippen molar-refractivity contribution < 1.29 is 9.26 Å². The molecular formula is C13H18N6O2. The maximum absolute atomic E-state index is 5.09. The molecule has 3 heterocycles. The standard InChI is InChI=1S/C13H18N6O2/c1-9-15-11(18-21-9)8-19-6-4-10(7-19)16-13-14-5-3-12(17-13)20-2/h3,5,10H,4,6-8H2,1-2H3,(H,14,16,17). The molecule has 1 aliphatic rings. The minimum atomic E-state index is 0.310. The number of hydrogen-bond acceptors (Lipinski definition) is 8. The Kier molecular flexibility index (Phi) is 3.96. The number of nitrogens with zero attached hydrogens (tertiary/aromatic N) is 5. The van der Waals surface area contributed by atoms with Gasteiger partial charge in [0.05, 0.1) is 13.7 Å². The van der Waals surface area contributed by atoms with Gasteiger partial charge >= 0.3 is 0 Å². The van der Waals surface area contributed by atoms with Gasteiger partial charge in [-0.25, -0.2) is 4.98 Å². The number of methoxy groups -OCH3 is 1. The van der Waals surface area contributed by atoms with Crippen LogP contribution in [0.4, 0.5) is 5.95 Å². The fraction of sp³-hybridized carbons (Fsp3) is 0.538. The lowest BCUT2D eigenvalue weighted by Gasteiger charge is -2.15. The first-order chi connectivity index (χ1) is 10.2. The highest BCUT2D eigenvalue weighted by Crippen LogP contribution is 2.16. The van der Waals surface area contributed by atoms with Crippen LogP contribution in [0.5, 0.6) is 5.88 Å². The van der Waals surface area contributed by atoms with E-state index < -0.39 is 0 Å². The van der Waals surface area contributed by atoms with E-state index in [4.69, 9.17) is 9.26 Å². The molecule has 0 spiro atoms. The van der Waals surface area contributed by atoms with Crippen LogP contribution in [0.3, 0.4) is 0 Å². The van der Waals surface area contributed by atoms with Gasteiger partial charge in [0.1, 0.15) is 0 Å². The van der Waals surface area contributed by atoms with Crippen LogP contribution < -0.4 is 10.1 Å². The average Bonchev–Trinajstić information content (AvgIpc) is 3.09. The molecule has 1 aliphatic heterocycles. The molecule has 8 heteroatoms. The number of nitrogens with one attached hydrogen (secondary N) is 1. The highest BCUT2D eigenvalue weighted by Gasteiger charge is 2.24. The Hall–Kier alpha value is -2.22. The monoisotopic (exact) mass is 290 g/mol. The van der Waals surface area contributed by atoms with Crippen LogP contribution in [0.1, 0.15) is 18.1 Å². The summed E-state index contributed by atoms with van der Waals surface area (Å²) in [7, 11) is 1.59. The van der Waals surface area contributed by atoms with Crippen molar-refractivity contribution >= 4 is 5.95 Å². The number of aromatic nitrogens is 4. The van der Waals surface area contributed by atoms with Crippen LogP contribution in [0, 0.1) is 6.92 Å². The zero-order valence-electron chi connectivity index (χ0n) is 12.1. The third kappa shape index (κ3) is 3.46. The first kappa shape index (κ1) is 13.7. The topological polar surface area (TPSA) is 89.2 Å². The van der Waals surface area contributed by atoms with Crippen LogP contribution in [0.25, 0.3) is 0 Å². The van der Waals surface area contributed by atoms with E-state index in [1.807, 2.05) is 0 Å². The molecule has 8 nitrogen and oxygen atoms in total. The molecule has 1 atom stereocenters. The second kappa shape index (κ2) is 6.04. The molecule has 0 radical (unpaired) electrons. The number of likely N-dealkylation sites (tertiary alicyclic amines) is 1. The van der Waals surface area contributed by atoms with E-state index in [9.17, 15) is 0 Å². The quantitative estimate of drug-likeness (QED) is 0.867. The van der Waals surface area contributed by atoms with Crippen LogP contribution in [-0.4, -0.2) is 51.2 Å². The van der Waals surface area contributed by atoms with Crippen molar-refractivity contribution in [3.8, 4) is 5.88 Å². The summed E-state index contributed by atoms with van der Waals surface area (Å²) in [5.74, 6) is 2.48. The van der Waals surface area contributed by atoms with Crippen molar-refractivity contribution in [3.63, 3.8) is 0 Å². The van der Waals surface area contributed by atoms with Gasteiger partial charge in [-0.05, 0) is 6.42 Å². The molecule has 112 valence electrons. The van der Waals surface area contributed by atoms with Crippen LogP contribution in [0.15, 0.2) is 16.8 Å². The van der Waals surface area contributed by atoms with Crippen LogP contribution in [0.2, 0.25) is 0 Å². The molecule has 0 aliphatic carbocycles. The van der Waals surface area contributed by atoms with Crippen LogP contribution >= 0.6 is 0 Å². The predicted molar refractivity (Wildman–Crippen MR) is 74.9 cm³/mol. The summed E-state index contributed by atoms with van der Waals surface area (Å²) in [6.45, 7) is 4.38. The third-order valence-corrected chi connectivity index (χ3v) is 3.38. The molecule has 1 unspecified atom stereocenters. The summed E-state index contributed by atoms with van der Waals surface area (Å²) in [5, 5.41) is 7.25. The van der Waals surface area contributed by atoms with Gasteiger partial charge in [-0.1, -0.05) is 5.16 Å².